The summed E-state index contributed by atoms with van der Waals surface area (Å²) in [5.41, 5.74) is 3.35. The molecule has 1 N–H and O–H groups in total. The molecule has 0 bridgehead atoms. The zero-order chi connectivity index (χ0) is 32.3. The van der Waals surface area contributed by atoms with Crippen molar-refractivity contribution in [2.45, 2.75) is 93.0 Å². The Labute approximate surface area is 260 Å². The van der Waals surface area contributed by atoms with Gasteiger partial charge in [-0.1, -0.05) is 111 Å². The monoisotopic (exact) mass is 592 g/mol. The summed E-state index contributed by atoms with van der Waals surface area (Å²) in [5.74, 6) is -0.464. The van der Waals surface area contributed by atoms with Crippen LogP contribution in [0.3, 0.4) is 0 Å². The molecule has 0 radical (unpaired) electrons. The number of benzene rings is 3. The van der Waals surface area contributed by atoms with Crippen LogP contribution in [0.15, 0.2) is 97.6 Å². The summed E-state index contributed by atoms with van der Waals surface area (Å²) in [5, 5.41) is 8.06. The van der Waals surface area contributed by atoms with Crippen LogP contribution in [0.4, 0.5) is 0 Å². The number of carbonyl (C=O) groups is 2. The molecule has 0 spiro atoms. The topological polar surface area (TPSA) is 92.7 Å². The third kappa shape index (κ3) is 26.7. The Morgan fingerprint density at radius 1 is 0.767 bits per heavy atom. The van der Waals surface area contributed by atoms with Gasteiger partial charge >= 0.3 is 23.2 Å². The van der Waals surface area contributed by atoms with Crippen LogP contribution in [0.25, 0.3) is 6.08 Å². The summed E-state index contributed by atoms with van der Waals surface area (Å²) in [4.78, 5) is 22.7. The maximum atomic E-state index is 11.5. The summed E-state index contributed by atoms with van der Waals surface area (Å²) < 4.78 is 17.7. The van der Waals surface area contributed by atoms with Gasteiger partial charge in [-0.25, -0.2) is 0 Å². The van der Waals surface area contributed by atoms with Crippen LogP contribution in [-0.2, 0) is 30.1 Å². The van der Waals surface area contributed by atoms with Crippen molar-refractivity contribution >= 4 is 18.0 Å². The van der Waals surface area contributed by atoms with Gasteiger partial charge in [0.25, 0.3) is 0 Å². The Hall–Kier alpha value is -3.96. The van der Waals surface area contributed by atoms with Gasteiger partial charge in [0.15, 0.2) is 0 Å². The van der Waals surface area contributed by atoms with E-state index in [1.807, 2.05) is 132 Å². The van der Waals surface area contributed by atoms with Crippen LogP contribution in [0.1, 0.15) is 84.9 Å². The van der Waals surface area contributed by atoms with E-state index in [1.165, 1.54) is 11.1 Å². The van der Waals surface area contributed by atoms with Crippen LogP contribution >= 0.6 is 0 Å². The van der Waals surface area contributed by atoms with E-state index in [9.17, 15) is 9.59 Å². The van der Waals surface area contributed by atoms with Crippen molar-refractivity contribution < 1.29 is 28.8 Å². The zero-order valence-corrected chi connectivity index (χ0v) is 26.2. The molecular formula is C37H52O6. The second-order valence-electron chi connectivity index (χ2n) is 9.85. The van der Waals surface area contributed by atoms with E-state index in [1.54, 1.807) is 13.8 Å². The standard InChI is InChI=1S/2C12H16O2.C8H8.C3H8O.CO.CH4/c1-9(2)14-12(13)10(3)11-7-5-4-6-8-11;1-10(2)14-12(13)9-8-11-6-4-3-5-7-11;1-2-8-6-4-3-5-7-8;1-3(2)4;1-2;/h4-10H,1-3H3;3-7,10H,8-9H2,1-2H3;2-7H,1H2;3-4H,1-2H3;;1H4. The van der Waals surface area contributed by atoms with Gasteiger partial charge in [0.1, 0.15) is 0 Å². The van der Waals surface area contributed by atoms with Crippen molar-refractivity contribution in [3.05, 3.63) is 121 Å². The number of carbonyl (C=O) groups excluding carboxylic acids is 2. The number of aryl methyl sites for hydroxylation is 1. The van der Waals surface area contributed by atoms with Gasteiger partial charge in [-0.3, -0.25) is 9.59 Å². The Morgan fingerprint density at radius 3 is 1.53 bits per heavy atom. The van der Waals surface area contributed by atoms with E-state index < -0.39 is 0 Å². The molecule has 6 heteroatoms. The van der Waals surface area contributed by atoms with Crippen molar-refractivity contribution in [1.29, 1.82) is 0 Å². The van der Waals surface area contributed by atoms with Crippen LogP contribution in [0, 0.1) is 6.65 Å². The molecule has 0 aliphatic heterocycles. The van der Waals surface area contributed by atoms with Crippen LogP contribution in [0.5, 0.6) is 0 Å². The van der Waals surface area contributed by atoms with E-state index in [-0.39, 0.29) is 43.6 Å². The predicted octanol–water partition coefficient (Wildman–Crippen LogP) is 8.63. The van der Waals surface area contributed by atoms with Crippen molar-refractivity contribution in [2.75, 3.05) is 0 Å². The molecule has 0 saturated heterocycles. The van der Waals surface area contributed by atoms with Crippen molar-refractivity contribution in [3.8, 4) is 0 Å². The summed E-state index contributed by atoms with van der Waals surface area (Å²) in [6.45, 7) is 20.9. The van der Waals surface area contributed by atoms with Crippen molar-refractivity contribution in [1.82, 2.24) is 0 Å². The maximum absolute atomic E-state index is 11.5. The van der Waals surface area contributed by atoms with Crippen LogP contribution < -0.4 is 0 Å². The molecule has 0 saturated carbocycles. The molecule has 0 amide bonds. The van der Waals surface area contributed by atoms with E-state index in [2.05, 4.69) is 13.2 Å². The van der Waals surface area contributed by atoms with Crippen molar-refractivity contribution in [3.63, 3.8) is 0 Å². The molecule has 3 aromatic rings. The molecule has 0 fully saturated rings. The molecule has 3 rings (SSSR count). The fourth-order valence-electron chi connectivity index (χ4n) is 3.01. The summed E-state index contributed by atoms with van der Waals surface area (Å²) in [6, 6.07) is 29.6. The summed E-state index contributed by atoms with van der Waals surface area (Å²) in [7, 11) is 0. The quantitative estimate of drug-likeness (QED) is 0.161. The molecule has 0 heterocycles. The van der Waals surface area contributed by atoms with E-state index >= 15 is 0 Å². The van der Waals surface area contributed by atoms with Crippen molar-refractivity contribution in [2.24, 2.45) is 0 Å². The van der Waals surface area contributed by atoms with Crippen LogP contribution in [0.2, 0.25) is 0 Å². The van der Waals surface area contributed by atoms with Crippen LogP contribution in [-0.4, -0.2) is 35.4 Å². The first kappa shape index (κ1) is 43.5. The SMILES string of the molecule is C.C=Cc1ccccc1.CC(C)O.CC(C)OC(=O)C(C)c1ccccc1.CC(C)OC(=O)CCc1ccccc1.[C-]#[O+]. The minimum atomic E-state index is -0.182. The normalized spacial score (nSPS) is 9.88. The molecule has 0 aliphatic rings. The van der Waals surface area contributed by atoms with Gasteiger partial charge in [0.05, 0.1) is 18.1 Å². The zero-order valence-electron chi connectivity index (χ0n) is 26.2. The first-order valence-corrected chi connectivity index (χ1v) is 14.0. The fraction of sp³-hybridized carbons (Fsp3) is 0.378. The number of aliphatic hydroxyl groups is 1. The molecule has 1 unspecified atom stereocenters. The Morgan fingerprint density at radius 2 is 1.16 bits per heavy atom. The molecule has 236 valence electrons. The van der Waals surface area contributed by atoms with Gasteiger partial charge in [0, 0.05) is 12.5 Å². The Kier molecular flexibility index (Phi) is 28.5. The molecular weight excluding hydrogens is 540 g/mol. The van der Waals surface area contributed by atoms with Gasteiger partial charge in [-0.05, 0) is 71.6 Å². The summed E-state index contributed by atoms with van der Waals surface area (Å²) >= 11 is 0. The number of aliphatic hydroxyl groups excluding tert-OH is 1. The van der Waals surface area contributed by atoms with Gasteiger partial charge < -0.3 is 14.6 Å². The van der Waals surface area contributed by atoms with E-state index in [4.69, 9.17) is 19.2 Å². The average molecular weight is 593 g/mol. The number of esters is 2. The van der Waals surface area contributed by atoms with E-state index in [0.717, 1.165) is 12.0 Å². The predicted molar refractivity (Wildman–Crippen MR) is 177 cm³/mol. The number of ether oxygens (including phenoxy) is 2. The van der Waals surface area contributed by atoms with E-state index in [0.29, 0.717) is 6.42 Å². The average Bonchev–Trinajstić information content (AvgIpc) is 2.98. The summed E-state index contributed by atoms with van der Waals surface area (Å²) in [6.07, 6.45) is 2.82. The number of hydrogen-bond donors (Lipinski definition) is 1. The third-order valence-corrected chi connectivity index (χ3v) is 4.87. The molecule has 3 aromatic carbocycles. The third-order valence-electron chi connectivity index (χ3n) is 4.87. The second-order valence-corrected chi connectivity index (χ2v) is 9.85. The second kappa shape index (κ2) is 28.2. The molecule has 0 aromatic heterocycles. The van der Waals surface area contributed by atoms with Gasteiger partial charge in [0.2, 0.25) is 0 Å². The Balaban J connectivity index is -0.000000518. The Bertz CT molecular complexity index is 1090. The molecule has 6 nitrogen and oxygen atoms in total. The van der Waals surface area contributed by atoms with Gasteiger partial charge in [-0.15, -0.1) is 0 Å². The molecule has 43 heavy (non-hydrogen) atoms. The first-order valence-electron chi connectivity index (χ1n) is 14.0. The number of rotatable bonds is 8. The first-order chi connectivity index (χ1) is 20.0. The minimum absolute atomic E-state index is 0. The van der Waals surface area contributed by atoms with Gasteiger partial charge in [-0.2, -0.15) is 0 Å². The number of hydrogen-bond acceptors (Lipinski definition) is 5. The molecule has 1 atom stereocenters. The molecule has 0 aliphatic carbocycles. The fourth-order valence-corrected chi connectivity index (χ4v) is 3.01.